The Balaban J connectivity index is 1.79. The zero-order valence-corrected chi connectivity index (χ0v) is 9.13. The molecule has 2 aliphatic rings. The molecule has 0 aromatic heterocycles. The van der Waals surface area contributed by atoms with Crippen LogP contribution < -0.4 is 0 Å². The Labute approximate surface area is 95.0 Å². The number of rotatable bonds is 2. The van der Waals surface area contributed by atoms with Gasteiger partial charge in [-0.25, -0.2) is 0 Å². The molecule has 2 fully saturated rings. The summed E-state index contributed by atoms with van der Waals surface area (Å²) in [6, 6.07) is 9.99. The van der Waals surface area contributed by atoms with Gasteiger partial charge in [0.05, 0.1) is 6.61 Å². The highest BCUT2D eigenvalue weighted by atomic mass is 16.5. The number of hydrogen-bond acceptors (Lipinski definition) is 3. The number of ketones is 1. The molecule has 3 heteroatoms. The highest BCUT2D eigenvalue weighted by Crippen LogP contribution is 2.29. The van der Waals surface area contributed by atoms with Gasteiger partial charge in [0.2, 0.25) is 5.78 Å². The molecule has 2 heterocycles. The summed E-state index contributed by atoms with van der Waals surface area (Å²) in [5.74, 6) is 0.102. The lowest BCUT2D eigenvalue weighted by atomic mass is 9.95. The van der Waals surface area contributed by atoms with E-state index in [0.29, 0.717) is 12.6 Å². The maximum atomic E-state index is 12.2. The zero-order valence-electron chi connectivity index (χ0n) is 9.13. The molecule has 1 aromatic rings. The molecule has 0 spiro atoms. The Kier molecular flexibility index (Phi) is 2.50. The van der Waals surface area contributed by atoms with Gasteiger partial charge in [-0.15, -0.1) is 0 Å². The predicted molar refractivity (Wildman–Crippen MR) is 60.2 cm³/mol. The lowest BCUT2D eigenvalue weighted by Gasteiger charge is -2.48. The van der Waals surface area contributed by atoms with E-state index in [4.69, 9.17) is 4.74 Å². The van der Waals surface area contributed by atoms with Gasteiger partial charge < -0.3 is 4.74 Å². The number of carbonyl (C=O) groups is 1. The molecular formula is C13H15NO2. The van der Waals surface area contributed by atoms with E-state index < -0.39 is 0 Å². The van der Waals surface area contributed by atoms with Crippen molar-refractivity contribution >= 4 is 5.78 Å². The van der Waals surface area contributed by atoms with Crippen LogP contribution in [0.15, 0.2) is 30.3 Å². The van der Waals surface area contributed by atoms with Crippen LogP contribution in [0.4, 0.5) is 0 Å². The highest BCUT2D eigenvalue weighted by molar-refractivity contribution is 5.99. The standard InChI is InChI=1S/C13H15NO2/c15-12(10-4-2-1-3-5-10)13-14-8-6-11(14)7-9-16-13/h1-5,11,13H,6-9H2. The number of nitrogens with zero attached hydrogens (tertiary/aromatic N) is 1. The molecule has 16 heavy (non-hydrogen) atoms. The Morgan fingerprint density at radius 3 is 2.75 bits per heavy atom. The van der Waals surface area contributed by atoms with E-state index >= 15 is 0 Å². The van der Waals surface area contributed by atoms with Crippen molar-refractivity contribution in [2.75, 3.05) is 13.2 Å². The summed E-state index contributed by atoms with van der Waals surface area (Å²) in [4.78, 5) is 14.4. The maximum Gasteiger partial charge on any atom is 0.206 e. The molecule has 0 saturated carbocycles. The summed E-state index contributed by atoms with van der Waals surface area (Å²) in [5.41, 5.74) is 0.750. The normalized spacial score (nSPS) is 29.2. The molecule has 0 aliphatic carbocycles. The average molecular weight is 217 g/mol. The fraction of sp³-hybridized carbons (Fsp3) is 0.462. The lowest BCUT2D eigenvalue weighted by molar-refractivity contribution is -0.137. The predicted octanol–water partition coefficient (Wildman–Crippen LogP) is 1.69. The van der Waals surface area contributed by atoms with Gasteiger partial charge in [0.15, 0.2) is 6.23 Å². The van der Waals surface area contributed by atoms with Crippen molar-refractivity contribution in [2.24, 2.45) is 0 Å². The molecule has 0 bridgehead atoms. The molecule has 2 saturated heterocycles. The summed E-state index contributed by atoms with van der Waals surface area (Å²) in [5, 5.41) is 0. The van der Waals surface area contributed by atoms with Crippen LogP contribution in [0.25, 0.3) is 0 Å². The van der Waals surface area contributed by atoms with Crippen LogP contribution in [0.1, 0.15) is 23.2 Å². The molecule has 0 N–H and O–H groups in total. The van der Waals surface area contributed by atoms with Crippen LogP contribution in [0.2, 0.25) is 0 Å². The van der Waals surface area contributed by atoms with E-state index in [1.54, 1.807) is 0 Å². The first-order valence-corrected chi connectivity index (χ1v) is 5.83. The summed E-state index contributed by atoms with van der Waals surface area (Å²) < 4.78 is 5.60. The van der Waals surface area contributed by atoms with E-state index in [0.717, 1.165) is 18.5 Å². The summed E-state index contributed by atoms with van der Waals surface area (Å²) >= 11 is 0. The molecule has 2 atom stereocenters. The first kappa shape index (κ1) is 10.00. The van der Waals surface area contributed by atoms with E-state index in [1.807, 2.05) is 30.3 Å². The Bertz CT molecular complexity index is 390. The molecular weight excluding hydrogens is 202 g/mol. The lowest BCUT2D eigenvalue weighted by Crippen LogP contribution is -2.60. The molecule has 0 amide bonds. The SMILES string of the molecule is O=C(c1ccccc1)C1OCCC2CCN21. The fourth-order valence-corrected chi connectivity index (χ4v) is 2.46. The molecule has 3 nitrogen and oxygen atoms in total. The summed E-state index contributed by atoms with van der Waals surface area (Å²) in [6.07, 6.45) is 1.94. The van der Waals surface area contributed by atoms with Crippen molar-refractivity contribution in [1.82, 2.24) is 4.90 Å². The number of fused-ring (bicyclic) bond motifs is 1. The van der Waals surface area contributed by atoms with Crippen LogP contribution in [-0.2, 0) is 4.74 Å². The van der Waals surface area contributed by atoms with Crippen molar-refractivity contribution in [3.8, 4) is 0 Å². The Hall–Kier alpha value is -1.19. The largest absolute Gasteiger partial charge is 0.355 e. The van der Waals surface area contributed by atoms with Crippen LogP contribution in [-0.4, -0.2) is 36.1 Å². The molecule has 84 valence electrons. The van der Waals surface area contributed by atoms with Gasteiger partial charge in [-0.1, -0.05) is 30.3 Å². The zero-order chi connectivity index (χ0) is 11.0. The van der Waals surface area contributed by atoms with Gasteiger partial charge in [-0.05, 0) is 12.8 Å². The summed E-state index contributed by atoms with van der Waals surface area (Å²) in [6.45, 7) is 1.71. The second kappa shape index (κ2) is 4.00. The van der Waals surface area contributed by atoms with E-state index in [1.165, 1.54) is 6.42 Å². The maximum absolute atomic E-state index is 12.2. The van der Waals surface area contributed by atoms with E-state index in [2.05, 4.69) is 4.90 Å². The van der Waals surface area contributed by atoms with Gasteiger partial charge in [0.1, 0.15) is 0 Å². The monoisotopic (exact) mass is 217 g/mol. The average Bonchev–Trinajstić information content (AvgIpc) is 2.31. The second-order valence-electron chi connectivity index (χ2n) is 4.42. The second-order valence-corrected chi connectivity index (χ2v) is 4.42. The van der Waals surface area contributed by atoms with Crippen molar-refractivity contribution in [3.63, 3.8) is 0 Å². The molecule has 3 rings (SSSR count). The van der Waals surface area contributed by atoms with Crippen LogP contribution in [0, 0.1) is 0 Å². The molecule has 0 radical (unpaired) electrons. The van der Waals surface area contributed by atoms with Crippen LogP contribution in [0.5, 0.6) is 0 Å². The fourth-order valence-electron chi connectivity index (χ4n) is 2.46. The van der Waals surface area contributed by atoms with Crippen LogP contribution >= 0.6 is 0 Å². The molecule has 1 aromatic carbocycles. The number of benzene rings is 1. The minimum atomic E-state index is -0.338. The topological polar surface area (TPSA) is 29.5 Å². The Morgan fingerprint density at radius 1 is 1.25 bits per heavy atom. The molecule has 2 unspecified atom stereocenters. The van der Waals surface area contributed by atoms with Crippen molar-refractivity contribution in [1.29, 1.82) is 0 Å². The highest BCUT2D eigenvalue weighted by Gasteiger charge is 2.41. The quantitative estimate of drug-likeness (QED) is 0.706. The first-order valence-electron chi connectivity index (χ1n) is 5.83. The number of Topliss-reactive ketones (excluding diaryl/α,β-unsaturated/α-hetero) is 1. The number of ether oxygens (including phenoxy) is 1. The van der Waals surface area contributed by atoms with Crippen molar-refractivity contribution in [2.45, 2.75) is 25.1 Å². The smallest absolute Gasteiger partial charge is 0.206 e. The molecule has 2 aliphatic heterocycles. The van der Waals surface area contributed by atoms with Gasteiger partial charge >= 0.3 is 0 Å². The van der Waals surface area contributed by atoms with Crippen molar-refractivity contribution in [3.05, 3.63) is 35.9 Å². The first-order chi connectivity index (χ1) is 7.86. The third kappa shape index (κ3) is 1.56. The van der Waals surface area contributed by atoms with Crippen LogP contribution in [0.3, 0.4) is 0 Å². The third-order valence-electron chi connectivity index (χ3n) is 3.50. The number of carbonyl (C=O) groups excluding carboxylic acids is 1. The van der Waals surface area contributed by atoms with E-state index in [9.17, 15) is 4.79 Å². The Morgan fingerprint density at radius 2 is 2.06 bits per heavy atom. The van der Waals surface area contributed by atoms with E-state index in [-0.39, 0.29) is 12.0 Å². The third-order valence-corrected chi connectivity index (χ3v) is 3.50. The van der Waals surface area contributed by atoms with Gasteiger partial charge in [-0.2, -0.15) is 0 Å². The summed E-state index contributed by atoms with van der Waals surface area (Å²) in [7, 11) is 0. The number of hydrogen-bond donors (Lipinski definition) is 0. The minimum absolute atomic E-state index is 0.102. The van der Waals surface area contributed by atoms with Crippen molar-refractivity contribution < 1.29 is 9.53 Å². The van der Waals surface area contributed by atoms with Gasteiger partial charge in [0, 0.05) is 18.2 Å². The minimum Gasteiger partial charge on any atom is -0.355 e. The van der Waals surface area contributed by atoms with Gasteiger partial charge in [-0.3, -0.25) is 9.69 Å². The van der Waals surface area contributed by atoms with Gasteiger partial charge in [0.25, 0.3) is 0 Å².